The highest BCUT2D eigenvalue weighted by Crippen LogP contribution is 2.29. The number of ether oxygens (including phenoxy) is 5. The molecular formula is C28H51NO8. The van der Waals surface area contributed by atoms with Crippen molar-refractivity contribution in [3.63, 3.8) is 0 Å². The zero-order chi connectivity index (χ0) is 28.5. The second-order valence-electron chi connectivity index (χ2n) is 9.82. The number of esters is 2. The predicted molar refractivity (Wildman–Crippen MR) is 143 cm³/mol. The molecule has 0 saturated carbocycles. The van der Waals surface area contributed by atoms with Gasteiger partial charge in [-0.2, -0.15) is 0 Å². The van der Waals surface area contributed by atoms with Gasteiger partial charge in [0, 0.05) is 59.3 Å². The van der Waals surface area contributed by atoms with Gasteiger partial charge in [-0.25, -0.2) is 4.79 Å². The maximum Gasteiger partial charge on any atom is 0.335 e. The third kappa shape index (κ3) is 12.9. The predicted octanol–water partition coefficient (Wildman–Crippen LogP) is 4.38. The average molecular weight is 530 g/mol. The van der Waals surface area contributed by atoms with E-state index in [2.05, 4.69) is 6.92 Å². The monoisotopic (exact) mass is 529 g/mol. The smallest absolute Gasteiger partial charge is 0.335 e. The van der Waals surface area contributed by atoms with Crippen molar-refractivity contribution in [3.05, 3.63) is 12.3 Å². The average Bonchev–Trinajstić information content (AvgIpc) is 2.90. The Labute approximate surface area is 224 Å². The highest BCUT2D eigenvalue weighted by atomic mass is 16.6. The second kappa shape index (κ2) is 19.2. The van der Waals surface area contributed by atoms with E-state index in [1.807, 2.05) is 26.8 Å². The molecule has 0 radical (unpaired) electrons. The summed E-state index contributed by atoms with van der Waals surface area (Å²) in [6.45, 7) is 11.5. The Morgan fingerprint density at radius 2 is 1.54 bits per heavy atom. The lowest BCUT2D eigenvalue weighted by Gasteiger charge is -2.34. The van der Waals surface area contributed by atoms with Crippen LogP contribution in [0.3, 0.4) is 0 Å². The molecule has 0 heterocycles. The molecule has 216 valence electrons. The fourth-order valence-electron chi connectivity index (χ4n) is 4.31. The lowest BCUT2D eigenvalue weighted by Crippen LogP contribution is -2.40. The van der Waals surface area contributed by atoms with Crippen LogP contribution in [0.5, 0.6) is 0 Å². The van der Waals surface area contributed by atoms with Gasteiger partial charge in [0.05, 0.1) is 12.2 Å². The number of rotatable bonds is 20. The Kier molecular flexibility index (Phi) is 18.1. The lowest BCUT2D eigenvalue weighted by atomic mass is 9.84. The van der Waals surface area contributed by atoms with Gasteiger partial charge in [0.25, 0.3) is 0 Å². The topological polar surface area (TPSA) is 101 Å². The Hall–Kier alpha value is -1.97. The number of amides is 1. The van der Waals surface area contributed by atoms with Crippen LogP contribution in [0.25, 0.3) is 0 Å². The van der Waals surface area contributed by atoms with Gasteiger partial charge in [0.1, 0.15) is 12.2 Å². The Morgan fingerprint density at radius 1 is 0.892 bits per heavy atom. The van der Waals surface area contributed by atoms with Crippen LogP contribution in [-0.2, 0) is 38.1 Å². The van der Waals surface area contributed by atoms with Crippen molar-refractivity contribution in [1.29, 1.82) is 0 Å². The molecule has 0 N–H and O–H groups in total. The third-order valence-corrected chi connectivity index (χ3v) is 7.02. The molecule has 0 aromatic carbocycles. The van der Waals surface area contributed by atoms with Crippen LogP contribution in [0.2, 0.25) is 0 Å². The van der Waals surface area contributed by atoms with Crippen molar-refractivity contribution in [3.8, 4) is 0 Å². The van der Waals surface area contributed by atoms with E-state index < -0.39 is 18.2 Å². The maximum atomic E-state index is 12.7. The first-order valence-electron chi connectivity index (χ1n) is 13.3. The van der Waals surface area contributed by atoms with Gasteiger partial charge in [-0.1, -0.05) is 40.7 Å². The van der Waals surface area contributed by atoms with E-state index in [0.717, 1.165) is 12.8 Å². The van der Waals surface area contributed by atoms with E-state index in [4.69, 9.17) is 23.7 Å². The molecule has 37 heavy (non-hydrogen) atoms. The lowest BCUT2D eigenvalue weighted by molar-refractivity contribution is -0.166. The van der Waals surface area contributed by atoms with Crippen LogP contribution in [0, 0.1) is 17.8 Å². The van der Waals surface area contributed by atoms with Crippen LogP contribution in [0.15, 0.2) is 12.3 Å². The minimum absolute atomic E-state index is 0.0360. The molecule has 9 heteroatoms. The largest absolute Gasteiger partial charge is 0.462 e. The molecule has 0 aromatic rings. The van der Waals surface area contributed by atoms with E-state index in [1.54, 1.807) is 41.3 Å². The molecule has 0 aromatic heterocycles. The summed E-state index contributed by atoms with van der Waals surface area (Å²) in [6.07, 6.45) is 5.65. The fourth-order valence-corrected chi connectivity index (χ4v) is 4.31. The minimum atomic E-state index is -0.683. The highest BCUT2D eigenvalue weighted by Gasteiger charge is 2.34. The number of carbonyl (C=O) groups excluding carboxylic acids is 3. The normalized spacial score (nSPS) is 18.2. The SMILES string of the molecule is CCC(=O)O[C@H](CC)C[C@H](OC)[C@@H](C)CCC(OC(=O)[C@@H](C)OC)[C@H](C)[C@H](OC)[C@H](C)/C=C/N(C)C=O. The Morgan fingerprint density at radius 3 is 2.03 bits per heavy atom. The summed E-state index contributed by atoms with van der Waals surface area (Å²) in [4.78, 5) is 36.8. The van der Waals surface area contributed by atoms with Gasteiger partial charge in [-0.15, -0.1) is 0 Å². The van der Waals surface area contributed by atoms with Gasteiger partial charge in [0.2, 0.25) is 6.41 Å². The summed E-state index contributed by atoms with van der Waals surface area (Å²) >= 11 is 0. The summed E-state index contributed by atoms with van der Waals surface area (Å²) in [7, 11) is 6.44. The Bertz CT molecular complexity index is 685. The zero-order valence-corrected chi connectivity index (χ0v) is 24.6. The fraction of sp³-hybridized carbons (Fsp3) is 0.821. The second-order valence-corrected chi connectivity index (χ2v) is 9.82. The van der Waals surface area contributed by atoms with E-state index >= 15 is 0 Å². The molecule has 0 saturated heterocycles. The molecule has 1 amide bonds. The summed E-state index contributed by atoms with van der Waals surface area (Å²) in [5, 5.41) is 0. The molecule has 0 aliphatic rings. The first-order valence-corrected chi connectivity index (χ1v) is 13.3. The molecule has 8 atom stereocenters. The van der Waals surface area contributed by atoms with Crippen LogP contribution in [0.1, 0.15) is 73.6 Å². The van der Waals surface area contributed by atoms with Gasteiger partial charge in [-0.3, -0.25) is 9.59 Å². The summed E-state index contributed by atoms with van der Waals surface area (Å²) < 4.78 is 28.3. The Balaban J connectivity index is 5.59. The van der Waals surface area contributed by atoms with Crippen LogP contribution >= 0.6 is 0 Å². The van der Waals surface area contributed by atoms with Gasteiger partial charge < -0.3 is 28.6 Å². The van der Waals surface area contributed by atoms with Crippen LogP contribution in [0.4, 0.5) is 0 Å². The van der Waals surface area contributed by atoms with Gasteiger partial charge >= 0.3 is 11.9 Å². The molecule has 0 fully saturated rings. The molecular weight excluding hydrogens is 478 g/mol. The van der Waals surface area contributed by atoms with E-state index in [9.17, 15) is 14.4 Å². The van der Waals surface area contributed by atoms with Gasteiger partial charge in [-0.05, 0) is 32.1 Å². The number of nitrogens with zero attached hydrogens (tertiary/aromatic N) is 1. The standard InChI is InChI=1S/C28H51NO8/c1-11-23(36-26(31)12-2)17-25(34-9)19(3)13-14-24(37-28(32)22(6)33-8)21(5)27(35-10)20(4)15-16-29(7)18-30/h15-16,18-25,27H,11-14,17H2,1-10H3/b16-15+/t19-,20+,21-,22+,23+,24?,25-,27+/m0/s1. The number of methoxy groups -OCH3 is 3. The van der Waals surface area contributed by atoms with E-state index in [0.29, 0.717) is 25.7 Å². The van der Waals surface area contributed by atoms with Crippen molar-refractivity contribution < 1.29 is 38.1 Å². The van der Waals surface area contributed by atoms with Crippen LogP contribution in [-0.4, -0.2) is 82.1 Å². The minimum Gasteiger partial charge on any atom is -0.462 e. The molecule has 0 aliphatic heterocycles. The van der Waals surface area contributed by atoms with Crippen molar-refractivity contribution in [2.75, 3.05) is 28.4 Å². The van der Waals surface area contributed by atoms with E-state index in [1.165, 1.54) is 12.0 Å². The van der Waals surface area contributed by atoms with Crippen molar-refractivity contribution in [2.24, 2.45) is 17.8 Å². The number of hydrogen-bond acceptors (Lipinski definition) is 8. The summed E-state index contributed by atoms with van der Waals surface area (Å²) in [6, 6.07) is 0. The van der Waals surface area contributed by atoms with E-state index in [-0.39, 0.29) is 42.0 Å². The third-order valence-electron chi connectivity index (χ3n) is 7.02. The maximum absolute atomic E-state index is 12.7. The van der Waals surface area contributed by atoms with Crippen molar-refractivity contribution in [1.82, 2.24) is 4.90 Å². The molecule has 0 aliphatic carbocycles. The molecule has 0 rings (SSSR count). The van der Waals surface area contributed by atoms with Crippen LogP contribution < -0.4 is 0 Å². The molecule has 1 unspecified atom stereocenters. The van der Waals surface area contributed by atoms with Crippen molar-refractivity contribution >= 4 is 18.3 Å². The van der Waals surface area contributed by atoms with Crippen molar-refractivity contribution in [2.45, 2.75) is 104 Å². The zero-order valence-electron chi connectivity index (χ0n) is 24.6. The molecule has 9 nitrogen and oxygen atoms in total. The summed E-state index contributed by atoms with van der Waals surface area (Å²) in [5.41, 5.74) is 0. The number of carbonyl (C=O) groups is 3. The first kappa shape index (κ1) is 35.0. The number of hydrogen-bond donors (Lipinski definition) is 0. The quantitative estimate of drug-likeness (QED) is 0.169. The molecule has 0 spiro atoms. The summed E-state index contributed by atoms with van der Waals surface area (Å²) in [5.74, 6) is -0.679. The van der Waals surface area contributed by atoms with Gasteiger partial charge in [0.15, 0.2) is 6.10 Å². The first-order chi connectivity index (χ1) is 17.5. The highest BCUT2D eigenvalue weighted by molar-refractivity contribution is 5.74. The molecule has 0 bridgehead atoms.